The van der Waals surface area contributed by atoms with Crippen LogP contribution in [0.5, 0.6) is 0 Å². The average molecular weight is 450 g/mol. The molecule has 5 N–H and O–H groups in total. The van der Waals surface area contributed by atoms with E-state index < -0.39 is 29.6 Å². The van der Waals surface area contributed by atoms with Crippen molar-refractivity contribution in [3.63, 3.8) is 0 Å². The fourth-order valence-electron chi connectivity index (χ4n) is 3.89. The highest BCUT2D eigenvalue weighted by Gasteiger charge is 2.36. The van der Waals surface area contributed by atoms with Crippen LogP contribution in [-0.2, 0) is 0 Å². The first-order valence-corrected chi connectivity index (χ1v) is 10.4. The molecule has 1 aliphatic heterocycles. The van der Waals surface area contributed by atoms with E-state index in [9.17, 15) is 13.2 Å². The minimum Gasteiger partial charge on any atom is -0.390 e. The number of nitrogens with zero attached hydrogens (tertiary/aromatic N) is 3. The normalized spacial score (nSPS) is 24.7. The summed E-state index contributed by atoms with van der Waals surface area (Å²) < 4.78 is 42.4. The number of hydrogen-bond donors (Lipinski definition) is 4. The molecule has 0 spiro atoms. The zero-order valence-corrected chi connectivity index (χ0v) is 18.3. The van der Waals surface area contributed by atoms with Crippen LogP contribution in [0, 0.1) is 28.1 Å². The Morgan fingerprint density at radius 3 is 2.72 bits per heavy atom. The smallest absolute Gasteiger partial charge is 0.260 e. The molecule has 1 saturated heterocycles. The number of hydrogen-bond acceptors (Lipinski definition) is 6. The van der Waals surface area contributed by atoms with E-state index in [1.54, 1.807) is 24.0 Å². The van der Waals surface area contributed by atoms with E-state index in [0.29, 0.717) is 13.0 Å². The summed E-state index contributed by atoms with van der Waals surface area (Å²) in [4.78, 5) is 9.51. The molecule has 1 heterocycles. The van der Waals surface area contributed by atoms with Gasteiger partial charge in [0.15, 0.2) is 0 Å². The predicted molar refractivity (Wildman–Crippen MR) is 124 cm³/mol. The summed E-state index contributed by atoms with van der Waals surface area (Å²) in [6, 6.07) is -0.441. The largest absolute Gasteiger partial charge is 0.390 e. The Labute approximate surface area is 186 Å². The number of alkyl halides is 2. The molecule has 0 radical (unpaired) electrons. The van der Waals surface area contributed by atoms with Gasteiger partial charge in [-0.1, -0.05) is 6.08 Å². The second-order valence-corrected chi connectivity index (χ2v) is 7.93. The molecule has 1 aliphatic carbocycles. The van der Waals surface area contributed by atoms with Crippen LogP contribution in [-0.4, -0.2) is 67.2 Å². The molecule has 2 rings (SSSR count). The van der Waals surface area contributed by atoms with E-state index in [1.165, 1.54) is 13.3 Å². The highest BCUT2D eigenvalue weighted by Crippen LogP contribution is 2.30. The highest BCUT2D eigenvalue weighted by atomic mass is 19.3. The molecule has 3 atom stereocenters. The molecule has 0 aromatic heterocycles. The fourth-order valence-corrected chi connectivity index (χ4v) is 3.89. The molecule has 0 bridgehead atoms. The standard InChI is InChI=1S/C22H30F3N7/c1-14(32-7-3-6-22(24,25)12-32)8-20(31-13-27)21(29)17-5-4-16(15(10-26)11-30-2)18(23)9-19(17)28/h5,8-11,13-16,26,28-29H,3-4,6-7,12H2,1-2H3,(H2,27,31)/b20-8-,26-10?,28-19?,29-21?,30-11?. The Morgan fingerprint density at radius 2 is 2.12 bits per heavy atom. The van der Waals surface area contributed by atoms with E-state index in [2.05, 4.69) is 9.98 Å². The van der Waals surface area contributed by atoms with Gasteiger partial charge in [-0.05, 0) is 38.5 Å². The van der Waals surface area contributed by atoms with E-state index in [1.807, 2.05) is 0 Å². The van der Waals surface area contributed by atoms with Crippen molar-refractivity contribution in [2.45, 2.75) is 38.2 Å². The maximum Gasteiger partial charge on any atom is 0.260 e. The lowest BCUT2D eigenvalue weighted by molar-refractivity contribution is -0.0689. The van der Waals surface area contributed by atoms with Crippen molar-refractivity contribution in [1.82, 2.24) is 4.90 Å². The number of likely N-dealkylation sites (tertiary alicyclic amines) is 1. The summed E-state index contributed by atoms with van der Waals surface area (Å²) in [7, 11) is 1.54. The average Bonchev–Trinajstić information content (AvgIpc) is 2.88. The Balaban J connectivity index is 2.32. The minimum absolute atomic E-state index is 0.121. The third-order valence-electron chi connectivity index (χ3n) is 5.62. The molecule has 0 amide bonds. The van der Waals surface area contributed by atoms with Crippen molar-refractivity contribution < 1.29 is 13.2 Å². The topological polar surface area (TPSA) is 126 Å². The lowest BCUT2D eigenvalue weighted by Gasteiger charge is -2.35. The summed E-state index contributed by atoms with van der Waals surface area (Å²) >= 11 is 0. The zero-order valence-electron chi connectivity index (χ0n) is 18.3. The summed E-state index contributed by atoms with van der Waals surface area (Å²) in [6.45, 7) is 1.86. The van der Waals surface area contributed by atoms with Gasteiger partial charge >= 0.3 is 0 Å². The molecule has 3 unspecified atom stereocenters. The number of allylic oxidation sites excluding steroid dienone is 4. The Morgan fingerprint density at radius 1 is 1.41 bits per heavy atom. The quantitative estimate of drug-likeness (QED) is 0.332. The van der Waals surface area contributed by atoms with Gasteiger partial charge in [-0.3, -0.25) is 10.3 Å². The van der Waals surface area contributed by atoms with Gasteiger partial charge < -0.3 is 21.5 Å². The van der Waals surface area contributed by atoms with Crippen LogP contribution in [0.1, 0.15) is 26.2 Å². The van der Waals surface area contributed by atoms with E-state index in [0.717, 1.165) is 18.6 Å². The summed E-state index contributed by atoms with van der Waals surface area (Å²) in [5, 5.41) is 24.4. The van der Waals surface area contributed by atoms with Crippen LogP contribution in [0.2, 0.25) is 0 Å². The number of piperidine rings is 1. The highest BCUT2D eigenvalue weighted by molar-refractivity contribution is 6.31. The van der Waals surface area contributed by atoms with Crippen molar-refractivity contribution >= 4 is 30.2 Å². The SMILES string of the molecule is CN=CC(C=N)C1CC=C(C(=N)/C(=C/C(C)N2CCCC(F)(F)C2)N=CN)C(=N)C=C1F. The second kappa shape index (κ2) is 11.1. The van der Waals surface area contributed by atoms with Crippen LogP contribution in [0.3, 0.4) is 0 Å². The van der Waals surface area contributed by atoms with Crippen molar-refractivity contribution in [2.75, 3.05) is 20.1 Å². The molecule has 174 valence electrons. The van der Waals surface area contributed by atoms with Gasteiger partial charge in [0.05, 0.1) is 30.0 Å². The maximum absolute atomic E-state index is 14.7. The zero-order chi connectivity index (χ0) is 23.9. The van der Waals surface area contributed by atoms with Crippen LogP contribution >= 0.6 is 0 Å². The first-order valence-electron chi connectivity index (χ1n) is 10.4. The van der Waals surface area contributed by atoms with Crippen LogP contribution < -0.4 is 5.73 Å². The maximum atomic E-state index is 14.7. The lowest BCUT2D eigenvalue weighted by Crippen LogP contribution is -2.46. The van der Waals surface area contributed by atoms with E-state index in [4.69, 9.17) is 22.0 Å². The number of rotatable bonds is 8. The van der Waals surface area contributed by atoms with Gasteiger partial charge in [0.2, 0.25) is 0 Å². The van der Waals surface area contributed by atoms with E-state index >= 15 is 0 Å². The van der Waals surface area contributed by atoms with Gasteiger partial charge in [-0.2, -0.15) is 0 Å². The van der Waals surface area contributed by atoms with E-state index in [-0.39, 0.29) is 42.1 Å². The molecule has 2 aliphatic rings. The third kappa shape index (κ3) is 6.32. The van der Waals surface area contributed by atoms with Crippen LogP contribution in [0.15, 0.2) is 45.3 Å². The second-order valence-electron chi connectivity index (χ2n) is 7.93. The monoisotopic (exact) mass is 449 g/mol. The summed E-state index contributed by atoms with van der Waals surface area (Å²) in [5.41, 5.74) is 5.38. The molecule has 32 heavy (non-hydrogen) atoms. The summed E-state index contributed by atoms with van der Waals surface area (Å²) in [5.74, 6) is -4.62. The first-order chi connectivity index (χ1) is 15.1. The van der Waals surface area contributed by atoms with Gasteiger partial charge in [-0.25, -0.2) is 18.2 Å². The Kier molecular flexibility index (Phi) is 8.82. The molecular formula is C22H30F3N7. The molecule has 0 saturated carbocycles. The minimum atomic E-state index is -2.76. The van der Waals surface area contributed by atoms with Crippen molar-refractivity contribution in [1.29, 1.82) is 16.2 Å². The summed E-state index contributed by atoms with van der Waals surface area (Å²) in [6.07, 6.45) is 8.11. The van der Waals surface area contributed by atoms with Gasteiger partial charge in [-0.15, -0.1) is 0 Å². The van der Waals surface area contributed by atoms with Crippen molar-refractivity contribution in [3.05, 3.63) is 35.3 Å². The molecule has 0 aromatic carbocycles. The van der Waals surface area contributed by atoms with Gasteiger partial charge in [0, 0.05) is 49.3 Å². The molecule has 10 heteroatoms. The number of aliphatic imine (C=N–C) groups is 2. The Bertz CT molecular complexity index is 886. The lowest BCUT2D eigenvalue weighted by atomic mass is 9.90. The molecule has 7 nitrogen and oxygen atoms in total. The molecular weight excluding hydrogens is 419 g/mol. The van der Waals surface area contributed by atoms with Crippen LogP contribution in [0.25, 0.3) is 0 Å². The number of nitrogens with two attached hydrogens (primary N) is 1. The Hall–Kier alpha value is -2.88. The predicted octanol–water partition coefficient (Wildman–Crippen LogP) is 3.78. The number of nitrogens with one attached hydrogen (secondary N) is 3. The van der Waals surface area contributed by atoms with Crippen LogP contribution in [0.4, 0.5) is 13.2 Å². The van der Waals surface area contributed by atoms with Crippen molar-refractivity contribution in [2.24, 2.45) is 27.6 Å². The molecule has 0 aromatic rings. The van der Waals surface area contributed by atoms with Gasteiger partial charge in [0.1, 0.15) is 5.83 Å². The van der Waals surface area contributed by atoms with Crippen molar-refractivity contribution in [3.8, 4) is 0 Å². The fraction of sp³-hybridized carbons (Fsp3) is 0.500. The first kappa shape index (κ1) is 25.4. The van der Waals surface area contributed by atoms with Gasteiger partial charge in [0.25, 0.3) is 5.92 Å². The molecule has 1 fully saturated rings. The number of halogens is 3. The third-order valence-corrected chi connectivity index (χ3v) is 5.62.